The SMILES string of the molecule is CCOC(=O)C1=C(C)N=c2sc(=Cc3ccc(OC)c(COc4c(Cl)cc(Cl)cc4Cl)c3)c(=O)n2[C@@H]1c1ccc(OC)cc1. The predicted molar refractivity (Wildman–Crippen MR) is 172 cm³/mol. The first-order chi connectivity index (χ1) is 21.1. The summed E-state index contributed by atoms with van der Waals surface area (Å²) in [7, 11) is 3.13. The Bertz CT molecular complexity index is 1930. The Morgan fingerprint density at radius 3 is 2.36 bits per heavy atom. The molecule has 1 aliphatic heterocycles. The van der Waals surface area contributed by atoms with E-state index in [0.29, 0.717) is 48.4 Å². The van der Waals surface area contributed by atoms with Crippen LogP contribution in [0, 0.1) is 0 Å². The van der Waals surface area contributed by atoms with E-state index in [9.17, 15) is 9.59 Å². The highest BCUT2D eigenvalue weighted by molar-refractivity contribution is 7.07. The van der Waals surface area contributed by atoms with Gasteiger partial charge in [-0.2, -0.15) is 0 Å². The van der Waals surface area contributed by atoms with Crippen LogP contribution in [0.15, 0.2) is 75.7 Å². The Kier molecular flexibility index (Phi) is 9.70. The maximum Gasteiger partial charge on any atom is 0.338 e. The number of esters is 1. The predicted octanol–water partition coefficient (Wildman–Crippen LogP) is 6.35. The topological polar surface area (TPSA) is 88.4 Å². The zero-order chi connectivity index (χ0) is 31.5. The lowest BCUT2D eigenvalue weighted by atomic mass is 9.96. The smallest absolute Gasteiger partial charge is 0.338 e. The highest BCUT2D eigenvalue weighted by Crippen LogP contribution is 2.37. The Morgan fingerprint density at radius 1 is 1.02 bits per heavy atom. The van der Waals surface area contributed by atoms with Crippen molar-refractivity contribution in [2.75, 3.05) is 20.8 Å². The summed E-state index contributed by atoms with van der Waals surface area (Å²) in [5, 5.41) is 0.956. The number of halogens is 3. The third-order valence-electron chi connectivity index (χ3n) is 6.89. The molecule has 0 saturated heterocycles. The largest absolute Gasteiger partial charge is 0.497 e. The minimum Gasteiger partial charge on any atom is -0.497 e. The number of ether oxygens (including phenoxy) is 4. The summed E-state index contributed by atoms with van der Waals surface area (Å²) in [4.78, 5) is 32.2. The maximum absolute atomic E-state index is 14.0. The fourth-order valence-corrected chi connectivity index (χ4v) is 6.84. The van der Waals surface area contributed by atoms with Crippen molar-refractivity contribution in [2.45, 2.75) is 26.5 Å². The molecule has 5 rings (SSSR count). The first kappa shape index (κ1) is 31.7. The zero-order valence-electron chi connectivity index (χ0n) is 24.2. The molecule has 0 N–H and O–H groups in total. The van der Waals surface area contributed by atoms with Crippen molar-refractivity contribution in [3.63, 3.8) is 0 Å². The van der Waals surface area contributed by atoms with E-state index in [1.54, 1.807) is 64.5 Å². The fourth-order valence-electron chi connectivity index (χ4n) is 4.86. The number of nitrogens with zero attached hydrogens (tertiary/aromatic N) is 2. The van der Waals surface area contributed by atoms with Crippen molar-refractivity contribution in [1.82, 2.24) is 4.57 Å². The van der Waals surface area contributed by atoms with Gasteiger partial charge >= 0.3 is 5.97 Å². The van der Waals surface area contributed by atoms with Gasteiger partial charge in [-0.05, 0) is 67.4 Å². The van der Waals surface area contributed by atoms with Crippen molar-refractivity contribution in [1.29, 1.82) is 0 Å². The van der Waals surface area contributed by atoms with Crippen molar-refractivity contribution in [2.24, 2.45) is 4.99 Å². The van der Waals surface area contributed by atoms with Crippen LogP contribution in [-0.2, 0) is 16.1 Å². The lowest BCUT2D eigenvalue weighted by Crippen LogP contribution is -2.39. The summed E-state index contributed by atoms with van der Waals surface area (Å²) in [6.07, 6.45) is 1.77. The van der Waals surface area contributed by atoms with E-state index in [4.69, 9.17) is 53.8 Å². The van der Waals surface area contributed by atoms with Gasteiger partial charge in [-0.3, -0.25) is 9.36 Å². The van der Waals surface area contributed by atoms with Crippen molar-refractivity contribution >= 4 is 58.2 Å². The number of allylic oxidation sites excluding steroid dienone is 1. The molecule has 0 bridgehead atoms. The highest BCUT2D eigenvalue weighted by atomic mass is 35.5. The number of benzene rings is 3. The standard InChI is InChI=1S/C32H27Cl3N2O6S/c1-5-42-31(39)27-17(2)36-32-37(28(27)19-7-9-22(40-3)10-8-19)30(38)26(44-32)13-18-6-11-25(41-4)20(12-18)16-43-29-23(34)14-21(33)15-24(29)35/h6-15,28H,5,16H2,1-4H3/t28-/m1/s1. The zero-order valence-corrected chi connectivity index (χ0v) is 27.2. The van der Waals surface area contributed by atoms with Crippen LogP contribution in [0.2, 0.25) is 15.1 Å². The number of methoxy groups -OCH3 is 2. The first-order valence-electron chi connectivity index (χ1n) is 13.4. The molecule has 0 saturated carbocycles. The van der Waals surface area contributed by atoms with Crippen LogP contribution in [0.3, 0.4) is 0 Å². The third-order valence-corrected chi connectivity index (χ3v) is 8.65. The number of fused-ring (bicyclic) bond motifs is 1. The normalized spacial score (nSPS) is 14.6. The van der Waals surface area contributed by atoms with Crippen molar-refractivity contribution in [3.05, 3.63) is 117 Å². The van der Waals surface area contributed by atoms with E-state index in [0.717, 1.165) is 11.1 Å². The highest BCUT2D eigenvalue weighted by Gasteiger charge is 2.33. The van der Waals surface area contributed by atoms with Gasteiger partial charge in [0.15, 0.2) is 10.6 Å². The molecule has 0 aliphatic carbocycles. The molecule has 0 radical (unpaired) electrons. The van der Waals surface area contributed by atoms with E-state index in [1.165, 1.54) is 15.9 Å². The summed E-state index contributed by atoms with van der Waals surface area (Å²) in [5.41, 5.74) is 2.65. The molecule has 1 atom stereocenters. The lowest BCUT2D eigenvalue weighted by molar-refractivity contribution is -0.139. The van der Waals surface area contributed by atoms with Crippen LogP contribution in [0.25, 0.3) is 6.08 Å². The Hall–Kier alpha value is -3.76. The van der Waals surface area contributed by atoms with Gasteiger partial charge in [0.1, 0.15) is 18.1 Å². The Balaban J connectivity index is 1.57. The summed E-state index contributed by atoms with van der Waals surface area (Å²) in [6, 6.07) is 15.1. The van der Waals surface area contributed by atoms with Gasteiger partial charge in [-0.25, -0.2) is 9.79 Å². The summed E-state index contributed by atoms with van der Waals surface area (Å²) < 4.78 is 24.1. The molecule has 3 aromatic carbocycles. The number of rotatable bonds is 9. The Labute approximate surface area is 272 Å². The van der Waals surface area contributed by atoms with Gasteiger partial charge in [-0.15, -0.1) is 0 Å². The molecule has 1 aromatic heterocycles. The van der Waals surface area contributed by atoms with Crippen molar-refractivity contribution < 1.29 is 23.7 Å². The molecular formula is C32H27Cl3N2O6S. The van der Waals surface area contributed by atoms with Gasteiger partial charge in [0.05, 0.1) is 52.7 Å². The number of carbonyl (C=O) groups excluding carboxylic acids is 1. The molecule has 4 aromatic rings. The minimum absolute atomic E-state index is 0.0900. The second kappa shape index (κ2) is 13.5. The van der Waals surface area contributed by atoms with Crippen LogP contribution in [0.4, 0.5) is 0 Å². The van der Waals surface area contributed by atoms with Gasteiger partial charge in [0.2, 0.25) is 0 Å². The molecule has 0 fully saturated rings. The van der Waals surface area contributed by atoms with Crippen LogP contribution in [-0.4, -0.2) is 31.4 Å². The molecule has 12 heteroatoms. The molecule has 44 heavy (non-hydrogen) atoms. The summed E-state index contributed by atoms with van der Waals surface area (Å²) in [6.45, 7) is 3.76. The van der Waals surface area contributed by atoms with Gasteiger partial charge in [0, 0.05) is 10.6 Å². The van der Waals surface area contributed by atoms with E-state index in [-0.39, 0.29) is 28.8 Å². The van der Waals surface area contributed by atoms with Gasteiger partial charge in [-0.1, -0.05) is 64.3 Å². The minimum atomic E-state index is -0.730. The number of hydrogen-bond donors (Lipinski definition) is 0. The van der Waals surface area contributed by atoms with E-state index >= 15 is 0 Å². The van der Waals surface area contributed by atoms with E-state index in [2.05, 4.69) is 4.99 Å². The van der Waals surface area contributed by atoms with Crippen LogP contribution < -0.4 is 29.1 Å². The fraction of sp³-hybridized carbons (Fsp3) is 0.219. The average Bonchev–Trinajstić information content (AvgIpc) is 3.29. The van der Waals surface area contributed by atoms with Crippen LogP contribution in [0.1, 0.15) is 36.6 Å². The number of carbonyl (C=O) groups is 1. The molecular weight excluding hydrogens is 647 g/mol. The second-order valence-corrected chi connectivity index (χ2v) is 11.9. The molecule has 0 spiro atoms. The molecule has 0 unspecified atom stereocenters. The summed E-state index contributed by atoms with van der Waals surface area (Å²) in [5.74, 6) is 1.01. The Morgan fingerprint density at radius 2 is 1.73 bits per heavy atom. The first-order valence-corrected chi connectivity index (χ1v) is 15.4. The second-order valence-electron chi connectivity index (χ2n) is 9.63. The monoisotopic (exact) mass is 672 g/mol. The molecule has 228 valence electrons. The van der Waals surface area contributed by atoms with Gasteiger partial charge in [0.25, 0.3) is 5.56 Å². The maximum atomic E-state index is 14.0. The molecule has 8 nitrogen and oxygen atoms in total. The van der Waals surface area contributed by atoms with Crippen LogP contribution >= 0.6 is 46.1 Å². The molecule has 1 aliphatic rings. The molecule has 2 heterocycles. The quantitative estimate of drug-likeness (QED) is 0.192. The average molecular weight is 674 g/mol. The van der Waals surface area contributed by atoms with Gasteiger partial charge < -0.3 is 18.9 Å². The van der Waals surface area contributed by atoms with E-state index < -0.39 is 12.0 Å². The molecule has 0 amide bonds. The number of aromatic nitrogens is 1. The van der Waals surface area contributed by atoms with E-state index in [1.807, 2.05) is 24.3 Å². The number of thiazole rings is 1. The van der Waals surface area contributed by atoms with Crippen LogP contribution in [0.5, 0.6) is 17.2 Å². The van der Waals surface area contributed by atoms with Crippen molar-refractivity contribution in [3.8, 4) is 17.2 Å². The third kappa shape index (κ3) is 6.37. The number of hydrogen-bond acceptors (Lipinski definition) is 8. The lowest BCUT2D eigenvalue weighted by Gasteiger charge is -2.24. The summed E-state index contributed by atoms with van der Waals surface area (Å²) >= 11 is 19.8.